The Morgan fingerprint density at radius 3 is 2.15 bits per heavy atom. The molecule has 0 aliphatic heterocycles. The Hall–Kier alpha value is -1.65. The molecule has 0 saturated carbocycles. The lowest BCUT2D eigenvalue weighted by Crippen LogP contribution is -2.09. The molecule has 0 spiro atoms. The number of aliphatic hydroxyl groups is 1. The Balaban J connectivity index is 2.05. The summed E-state index contributed by atoms with van der Waals surface area (Å²) < 4.78 is 24.3. The molecule has 1 atom stereocenters. The van der Waals surface area contributed by atoms with Crippen LogP contribution in [-0.4, -0.2) is 19.3 Å². The molecule has 1 unspecified atom stereocenters. The van der Waals surface area contributed by atoms with Gasteiger partial charge in [0.2, 0.25) is 0 Å². The van der Waals surface area contributed by atoms with Gasteiger partial charge in [-0.2, -0.15) is 0 Å². The quantitative estimate of drug-likeness (QED) is 0.921. The van der Waals surface area contributed by atoms with Gasteiger partial charge in [0.15, 0.2) is 9.84 Å². The smallest absolute Gasteiger partial charge is 0.178 e. The summed E-state index contributed by atoms with van der Waals surface area (Å²) in [6.07, 6.45) is -0.0331. The van der Waals surface area contributed by atoms with E-state index >= 15 is 0 Å². The van der Waals surface area contributed by atoms with Gasteiger partial charge in [-0.15, -0.1) is 0 Å². The summed E-state index contributed by atoms with van der Waals surface area (Å²) >= 11 is 0. The largest absolute Gasteiger partial charge is 0.389 e. The average Bonchev–Trinajstić information content (AvgIpc) is 2.46. The van der Waals surface area contributed by atoms with Crippen LogP contribution >= 0.6 is 0 Å². The first-order valence-corrected chi connectivity index (χ1v) is 8.19. The molecule has 0 aliphatic carbocycles. The Morgan fingerprint density at radius 1 is 1.00 bits per heavy atom. The van der Waals surface area contributed by atoms with Crippen LogP contribution in [0.5, 0.6) is 0 Å². The van der Waals surface area contributed by atoms with Gasteiger partial charge in [-0.1, -0.05) is 42.5 Å². The standard InChI is InChI=1S/C16H18O3S/c1-13(17)15-9-7-14(8-10-15)11-12-20(18,19)16-5-3-2-4-6-16/h2-10,13,17H,11-12H2,1H3. The molecule has 0 radical (unpaired) electrons. The zero-order valence-electron chi connectivity index (χ0n) is 11.4. The molecule has 0 fully saturated rings. The molecule has 0 heterocycles. The maximum Gasteiger partial charge on any atom is 0.178 e. The lowest BCUT2D eigenvalue weighted by molar-refractivity contribution is 0.199. The first-order chi connectivity index (χ1) is 9.49. The fourth-order valence-corrected chi connectivity index (χ4v) is 3.27. The third kappa shape index (κ3) is 3.68. The fourth-order valence-electron chi connectivity index (χ4n) is 1.96. The van der Waals surface area contributed by atoms with Gasteiger partial charge in [-0.3, -0.25) is 0 Å². The fraction of sp³-hybridized carbons (Fsp3) is 0.250. The van der Waals surface area contributed by atoms with Crippen LogP contribution in [0.2, 0.25) is 0 Å². The molecule has 1 N–H and O–H groups in total. The normalized spacial score (nSPS) is 13.1. The molecule has 3 nitrogen and oxygen atoms in total. The van der Waals surface area contributed by atoms with Gasteiger partial charge >= 0.3 is 0 Å². The Bertz CT molecular complexity index is 644. The SMILES string of the molecule is CC(O)c1ccc(CCS(=O)(=O)c2ccccc2)cc1. The summed E-state index contributed by atoms with van der Waals surface area (Å²) in [5, 5.41) is 9.43. The molecule has 0 amide bonds. The molecule has 2 rings (SSSR count). The van der Waals surface area contributed by atoms with Crippen molar-refractivity contribution in [2.45, 2.75) is 24.3 Å². The minimum absolute atomic E-state index is 0.0883. The first-order valence-electron chi connectivity index (χ1n) is 6.54. The topological polar surface area (TPSA) is 54.4 Å². The number of rotatable bonds is 5. The summed E-state index contributed by atoms with van der Waals surface area (Å²) in [6, 6.07) is 15.9. The second-order valence-electron chi connectivity index (χ2n) is 4.80. The van der Waals surface area contributed by atoms with E-state index in [-0.39, 0.29) is 5.75 Å². The highest BCUT2D eigenvalue weighted by molar-refractivity contribution is 7.91. The van der Waals surface area contributed by atoms with Crippen LogP contribution in [0.25, 0.3) is 0 Å². The number of sulfone groups is 1. The van der Waals surface area contributed by atoms with Crippen LogP contribution in [0.1, 0.15) is 24.2 Å². The van der Waals surface area contributed by atoms with Crippen LogP contribution in [0.4, 0.5) is 0 Å². The summed E-state index contributed by atoms with van der Waals surface area (Å²) in [5.74, 6) is 0.0883. The van der Waals surface area contributed by atoms with Gasteiger partial charge < -0.3 is 5.11 Å². The third-order valence-corrected chi connectivity index (χ3v) is 4.96. The Labute approximate surface area is 119 Å². The number of aliphatic hydroxyl groups excluding tert-OH is 1. The van der Waals surface area contributed by atoms with Crippen LogP contribution < -0.4 is 0 Å². The zero-order valence-corrected chi connectivity index (χ0v) is 12.2. The summed E-state index contributed by atoms with van der Waals surface area (Å²) in [6.45, 7) is 1.70. The predicted octanol–water partition coefficient (Wildman–Crippen LogP) is 2.76. The van der Waals surface area contributed by atoms with E-state index in [4.69, 9.17) is 0 Å². The maximum absolute atomic E-state index is 12.1. The van der Waals surface area contributed by atoms with Crippen LogP contribution in [0, 0.1) is 0 Å². The number of benzene rings is 2. The van der Waals surface area contributed by atoms with E-state index in [1.165, 1.54) is 0 Å². The van der Waals surface area contributed by atoms with Gasteiger partial charge in [0.05, 0.1) is 16.8 Å². The van der Waals surface area contributed by atoms with E-state index in [2.05, 4.69) is 0 Å². The van der Waals surface area contributed by atoms with Crippen LogP contribution in [-0.2, 0) is 16.3 Å². The maximum atomic E-state index is 12.1. The van der Waals surface area contributed by atoms with E-state index < -0.39 is 15.9 Å². The Kier molecular flexibility index (Phi) is 4.57. The highest BCUT2D eigenvalue weighted by Gasteiger charge is 2.13. The summed E-state index contributed by atoms with van der Waals surface area (Å²) in [5.41, 5.74) is 1.79. The highest BCUT2D eigenvalue weighted by Crippen LogP contribution is 2.15. The molecule has 20 heavy (non-hydrogen) atoms. The van der Waals surface area contributed by atoms with Crippen molar-refractivity contribution in [1.82, 2.24) is 0 Å². The van der Waals surface area contributed by atoms with Crippen molar-refractivity contribution in [1.29, 1.82) is 0 Å². The van der Waals surface area contributed by atoms with Gasteiger partial charge in [0, 0.05) is 0 Å². The van der Waals surface area contributed by atoms with E-state index in [0.717, 1.165) is 11.1 Å². The average molecular weight is 290 g/mol. The molecule has 4 heteroatoms. The number of aryl methyl sites for hydroxylation is 1. The molecule has 0 aromatic heterocycles. The van der Waals surface area contributed by atoms with Gasteiger partial charge in [0.1, 0.15) is 0 Å². The molecule has 106 valence electrons. The van der Waals surface area contributed by atoms with Crippen molar-refractivity contribution in [2.75, 3.05) is 5.75 Å². The van der Waals surface area contributed by atoms with Crippen LogP contribution in [0.3, 0.4) is 0 Å². The predicted molar refractivity (Wildman–Crippen MR) is 79.3 cm³/mol. The highest BCUT2D eigenvalue weighted by atomic mass is 32.2. The number of hydrogen-bond acceptors (Lipinski definition) is 3. The monoisotopic (exact) mass is 290 g/mol. The summed E-state index contributed by atoms with van der Waals surface area (Å²) in [7, 11) is -3.23. The van der Waals surface area contributed by atoms with Gasteiger partial charge in [-0.05, 0) is 36.6 Å². The van der Waals surface area contributed by atoms with E-state index in [9.17, 15) is 13.5 Å². The van der Waals surface area contributed by atoms with Crippen molar-refractivity contribution in [3.05, 3.63) is 65.7 Å². The molecule has 2 aromatic rings. The molecule has 0 bridgehead atoms. The molecule has 2 aromatic carbocycles. The van der Waals surface area contributed by atoms with E-state index in [1.54, 1.807) is 37.3 Å². The lowest BCUT2D eigenvalue weighted by atomic mass is 10.1. The second kappa shape index (κ2) is 6.20. The third-order valence-electron chi connectivity index (χ3n) is 3.22. The minimum Gasteiger partial charge on any atom is -0.389 e. The zero-order chi connectivity index (χ0) is 14.6. The molecule has 0 saturated heterocycles. The van der Waals surface area contributed by atoms with Crippen molar-refractivity contribution < 1.29 is 13.5 Å². The van der Waals surface area contributed by atoms with Crippen molar-refractivity contribution in [2.24, 2.45) is 0 Å². The summed E-state index contributed by atoms with van der Waals surface area (Å²) in [4.78, 5) is 0.362. The van der Waals surface area contributed by atoms with Crippen molar-refractivity contribution in [3.63, 3.8) is 0 Å². The second-order valence-corrected chi connectivity index (χ2v) is 6.91. The molecule has 0 aliphatic rings. The van der Waals surface area contributed by atoms with Gasteiger partial charge in [0.25, 0.3) is 0 Å². The molecular formula is C16H18O3S. The minimum atomic E-state index is -3.23. The molecular weight excluding hydrogens is 272 g/mol. The van der Waals surface area contributed by atoms with Crippen molar-refractivity contribution in [3.8, 4) is 0 Å². The van der Waals surface area contributed by atoms with E-state index in [0.29, 0.717) is 11.3 Å². The lowest BCUT2D eigenvalue weighted by Gasteiger charge is -2.07. The van der Waals surface area contributed by atoms with Gasteiger partial charge in [-0.25, -0.2) is 8.42 Å². The number of hydrogen-bond donors (Lipinski definition) is 1. The van der Waals surface area contributed by atoms with Crippen molar-refractivity contribution >= 4 is 9.84 Å². The Morgan fingerprint density at radius 2 is 1.60 bits per heavy atom. The van der Waals surface area contributed by atoms with E-state index in [1.807, 2.05) is 24.3 Å². The van der Waals surface area contributed by atoms with Crippen LogP contribution in [0.15, 0.2) is 59.5 Å². The first kappa shape index (κ1) is 14.8.